The van der Waals surface area contributed by atoms with E-state index in [0.29, 0.717) is 11.6 Å². The van der Waals surface area contributed by atoms with Crippen LogP contribution in [0.3, 0.4) is 0 Å². The Morgan fingerprint density at radius 2 is 2.06 bits per heavy atom. The van der Waals surface area contributed by atoms with Crippen LogP contribution in [-0.2, 0) is 4.74 Å². The number of nitrogens with one attached hydrogen (secondary N) is 1. The molecule has 0 aromatic heterocycles. The summed E-state index contributed by atoms with van der Waals surface area (Å²) < 4.78 is 4.77. The summed E-state index contributed by atoms with van der Waals surface area (Å²) in [5.41, 5.74) is 0.898. The second-order valence-corrected chi connectivity index (χ2v) is 4.49. The Hall–Kier alpha value is -1.10. The number of amides is 1. The van der Waals surface area contributed by atoms with Crippen molar-refractivity contribution in [1.29, 1.82) is 0 Å². The molecule has 96 valence electrons. The number of carbonyl (C=O) groups excluding carboxylic acids is 1. The lowest BCUT2D eigenvalue weighted by Crippen LogP contribution is -2.32. The number of rotatable bonds is 3. The predicted molar refractivity (Wildman–Crippen MR) is 71.9 cm³/mol. The first kappa shape index (κ1) is 14.0. The largest absolute Gasteiger partial charge is 0.450 e. The van der Waals surface area contributed by atoms with Gasteiger partial charge in [0.1, 0.15) is 4.99 Å². The fourth-order valence-corrected chi connectivity index (χ4v) is 1.87. The van der Waals surface area contributed by atoms with Crippen molar-refractivity contribution in [3.8, 4) is 0 Å². The molecule has 0 aliphatic carbocycles. The lowest BCUT2D eigenvalue weighted by molar-refractivity contribution is 0.158. The van der Waals surface area contributed by atoms with E-state index in [9.17, 15) is 4.79 Å². The second-order valence-electron chi connectivity index (χ2n) is 4.08. The van der Waals surface area contributed by atoms with Gasteiger partial charge in [-0.15, -0.1) is 0 Å². The van der Waals surface area contributed by atoms with E-state index in [1.165, 1.54) is 19.3 Å². The molecule has 0 unspecified atom stereocenters. The molecule has 1 aliphatic rings. The first-order valence-electron chi connectivity index (χ1n) is 6.04. The molecule has 0 atom stereocenters. The van der Waals surface area contributed by atoms with Crippen LogP contribution >= 0.6 is 12.2 Å². The summed E-state index contributed by atoms with van der Waals surface area (Å²) >= 11 is 5.13. The minimum absolute atomic E-state index is 0.351. The van der Waals surface area contributed by atoms with Crippen molar-refractivity contribution in [1.82, 2.24) is 10.2 Å². The molecule has 17 heavy (non-hydrogen) atoms. The molecular formula is C12H20N2O2S. The molecule has 1 fully saturated rings. The zero-order valence-corrected chi connectivity index (χ0v) is 11.3. The number of carbonyl (C=O) groups is 1. The molecule has 0 radical (unpaired) electrons. The highest BCUT2D eigenvalue weighted by molar-refractivity contribution is 7.80. The molecular weight excluding hydrogens is 236 g/mol. The number of ether oxygens (including phenoxy) is 1. The number of piperidine rings is 1. The summed E-state index contributed by atoms with van der Waals surface area (Å²) in [4.78, 5) is 13.9. The Morgan fingerprint density at radius 3 is 2.65 bits per heavy atom. The molecule has 1 saturated heterocycles. The number of alkyl carbamates (subject to hydrolysis) is 1. The number of hydrogen-bond acceptors (Lipinski definition) is 4. The van der Waals surface area contributed by atoms with Crippen molar-refractivity contribution >= 4 is 23.3 Å². The van der Waals surface area contributed by atoms with Gasteiger partial charge in [-0.3, -0.25) is 5.32 Å². The van der Waals surface area contributed by atoms with Crippen LogP contribution in [0.1, 0.15) is 33.1 Å². The summed E-state index contributed by atoms with van der Waals surface area (Å²) in [6.07, 6.45) is 5.29. The average Bonchev–Trinajstić information content (AvgIpc) is 2.30. The summed E-state index contributed by atoms with van der Waals surface area (Å²) in [6.45, 7) is 6.16. The molecule has 0 spiro atoms. The van der Waals surface area contributed by atoms with Crippen molar-refractivity contribution in [3.05, 3.63) is 11.8 Å². The Labute approximate surface area is 108 Å². The average molecular weight is 256 g/mol. The van der Waals surface area contributed by atoms with Crippen LogP contribution in [0, 0.1) is 0 Å². The van der Waals surface area contributed by atoms with E-state index in [-0.39, 0.29) is 0 Å². The number of hydrogen-bond donors (Lipinski definition) is 1. The highest BCUT2D eigenvalue weighted by Gasteiger charge is 2.10. The molecule has 1 aliphatic heterocycles. The van der Waals surface area contributed by atoms with E-state index in [0.717, 1.165) is 18.7 Å². The van der Waals surface area contributed by atoms with Crippen molar-refractivity contribution in [3.63, 3.8) is 0 Å². The zero-order chi connectivity index (χ0) is 12.7. The van der Waals surface area contributed by atoms with Gasteiger partial charge in [0.05, 0.1) is 6.61 Å². The van der Waals surface area contributed by atoms with E-state index >= 15 is 0 Å². The Bertz CT molecular complexity index is 310. The molecule has 0 bridgehead atoms. The quantitative estimate of drug-likeness (QED) is 0.622. The van der Waals surface area contributed by atoms with Crippen molar-refractivity contribution in [2.75, 3.05) is 19.7 Å². The monoisotopic (exact) mass is 256 g/mol. The van der Waals surface area contributed by atoms with Crippen molar-refractivity contribution < 1.29 is 9.53 Å². The molecule has 4 nitrogen and oxygen atoms in total. The van der Waals surface area contributed by atoms with E-state index in [2.05, 4.69) is 10.2 Å². The van der Waals surface area contributed by atoms with Gasteiger partial charge in [-0.05, 0) is 38.7 Å². The fourth-order valence-electron chi connectivity index (χ4n) is 1.74. The van der Waals surface area contributed by atoms with Crippen LogP contribution in [0.4, 0.5) is 4.79 Å². The molecule has 1 rings (SSSR count). The van der Waals surface area contributed by atoms with E-state index in [1.54, 1.807) is 6.92 Å². The maximum absolute atomic E-state index is 11.2. The molecule has 0 aromatic carbocycles. The lowest BCUT2D eigenvalue weighted by Gasteiger charge is -2.25. The number of likely N-dealkylation sites (tertiary alicyclic amines) is 1. The molecule has 1 N–H and O–H groups in total. The first-order chi connectivity index (χ1) is 8.13. The van der Waals surface area contributed by atoms with Crippen LogP contribution in [0.5, 0.6) is 0 Å². The van der Waals surface area contributed by atoms with Gasteiger partial charge in [-0.1, -0.05) is 12.2 Å². The van der Waals surface area contributed by atoms with Crippen LogP contribution < -0.4 is 5.32 Å². The molecule has 0 aromatic rings. The van der Waals surface area contributed by atoms with Crippen LogP contribution in [0.25, 0.3) is 0 Å². The van der Waals surface area contributed by atoms with E-state index < -0.39 is 6.09 Å². The van der Waals surface area contributed by atoms with Crippen LogP contribution in [0.2, 0.25) is 0 Å². The Morgan fingerprint density at radius 1 is 1.41 bits per heavy atom. The summed E-state index contributed by atoms with van der Waals surface area (Å²) in [5, 5.41) is 2.55. The highest BCUT2D eigenvalue weighted by atomic mass is 32.1. The van der Waals surface area contributed by atoms with Gasteiger partial charge in [0, 0.05) is 19.3 Å². The smallest absolute Gasteiger partial charge is 0.412 e. The predicted octanol–water partition coefficient (Wildman–Crippen LogP) is 2.45. The topological polar surface area (TPSA) is 41.6 Å². The molecule has 0 saturated carbocycles. The molecule has 1 heterocycles. The number of thiocarbonyl (C=S) groups is 1. The van der Waals surface area contributed by atoms with Gasteiger partial charge in [-0.2, -0.15) is 0 Å². The zero-order valence-electron chi connectivity index (χ0n) is 10.5. The van der Waals surface area contributed by atoms with E-state index in [1.807, 2.05) is 13.1 Å². The summed E-state index contributed by atoms with van der Waals surface area (Å²) in [7, 11) is 0. The lowest BCUT2D eigenvalue weighted by atomic mass is 10.1. The van der Waals surface area contributed by atoms with E-state index in [4.69, 9.17) is 17.0 Å². The van der Waals surface area contributed by atoms with Crippen molar-refractivity contribution in [2.45, 2.75) is 33.1 Å². The SMILES string of the molecule is CCOC(=O)NC(=S)/C(C)=C/N1CCCCC1. The Balaban J connectivity index is 2.44. The minimum Gasteiger partial charge on any atom is -0.450 e. The van der Waals surface area contributed by atoms with Gasteiger partial charge in [0.2, 0.25) is 0 Å². The third kappa shape index (κ3) is 5.17. The third-order valence-electron chi connectivity index (χ3n) is 2.62. The van der Waals surface area contributed by atoms with Gasteiger partial charge >= 0.3 is 6.09 Å². The maximum atomic E-state index is 11.2. The van der Waals surface area contributed by atoms with Crippen LogP contribution in [-0.4, -0.2) is 35.7 Å². The van der Waals surface area contributed by atoms with Crippen LogP contribution in [0.15, 0.2) is 11.8 Å². The maximum Gasteiger partial charge on any atom is 0.412 e. The minimum atomic E-state index is -0.483. The normalized spacial score (nSPS) is 16.6. The first-order valence-corrected chi connectivity index (χ1v) is 6.45. The second kappa shape index (κ2) is 7.27. The van der Waals surface area contributed by atoms with Gasteiger partial charge < -0.3 is 9.64 Å². The Kier molecular flexibility index (Phi) is 5.97. The summed E-state index contributed by atoms with van der Waals surface area (Å²) in [5.74, 6) is 0. The van der Waals surface area contributed by atoms with Crippen molar-refractivity contribution in [2.24, 2.45) is 0 Å². The number of nitrogens with zero attached hydrogens (tertiary/aromatic N) is 1. The van der Waals surface area contributed by atoms with Gasteiger partial charge in [0.15, 0.2) is 0 Å². The summed E-state index contributed by atoms with van der Waals surface area (Å²) in [6, 6.07) is 0. The third-order valence-corrected chi connectivity index (χ3v) is 3.04. The fraction of sp³-hybridized carbons (Fsp3) is 0.667. The van der Waals surface area contributed by atoms with Gasteiger partial charge in [0.25, 0.3) is 0 Å². The molecule has 5 heteroatoms. The highest BCUT2D eigenvalue weighted by Crippen LogP contribution is 2.10. The standard InChI is InChI=1S/C12H20N2O2S/c1-3-16-12(15)13-11(17)10(2)9-14-7-5-4-6-8-14/h9H,3-8H2,1-2H3,(H,13,15,17)/b10-9+. The van der Waals surface area contributed by atoms with Gasteiger partial charge in [-0.25, -0.2) is 4.79 Å². The molecule has 1 amide bonds.